The Morgan fingerprint density at radius 1 is 1.12 bits per heavy atom. The maximum absolute atomic E-state index is 12.4. The Morgan fingerprint density at radius 3 is 2.60 bits per heavy atom. The highest BCUT2D eigenvalue weighted by molar-refractivity contribution is 8.00. The summed E-state index contributed by atoms with van der Waals surface area (Å²) in [4.78, 5) is 13.5. The number of hydrogen-bond donors (Lipinski definition) is 1. The lowest BCUT2D eigenvalue weighted by atomic mass is 9.74. The molecule has 1 N–H and O–H groups in total. The van der Waals surface area contributed by atoms with Gasteiger partial charge in [-0.1, -0.05) is 48.0 Å². The number of amides is 1. The van der Waals surface area contributed by atoms with Gasteiger partial charge in [0.15, 0.2) is 0 Å². The van der Waals surface area contributed by atoms with Crippen LogP contribution in [0.4, 0.5) is 0 Å². The molecule has 3 nitrogen and oxygen atoms in total. The maximum Gasteiger partial charge on any atom is 0.230 e. The number of nitrogens with one attached hydrogen (secondary N) is 1. The molecule has 1 fully saturated rings. The van der Waals surface area contributed by atoms with E-state index in [1.165, 1.54) is 11.1 Å². The lowest BCUT2D eigenvalue weighted by Crippen LogP contribution is -2.45. The van der Waals surface area contributed by atoms with E-state index in [4.69, 9.17) is 4.74 Å². The quantitative estimate of drug-likeness (QED) is 0.798. The van der Waals surface area contributed by atoms with Crippen molar-refractivity contribution in [3.05, 3.63) is 65.7 Å². The molecule has 0 saturated carbocycles. The molecule has 0 aromatic heterocycles. The molecule has 0 spiro atoms. The van der Waals surface area contributed by atoms with Gasteiger partial charge in [-0.15, -0.1) is 11.8 Å². The Labute approximate surface area is 154 Å². The molecule has 25 heavy (non-hydrogen) atoms. The molecule has 0 radical (unpaired) electrons. The van der Waals surface area contributed by atoms with Crippen LogP contribution >= 0.6 is 11.8 Å². The summed E-state index contributed by atoms with van der Waals surface area (Å²) in [5.74, 6) is 0.540. The predicted molar refractivity (Wildman–Crippen MR) is 103 cm³/mol. The minimum absolute atomic E-state index is 0.0107. The number of benzene rings is 2. The third-order valence-corrected chi connectivity index (χ3v) is 5.81. The SMILES string of the molecule is Cc1cccc(SCC(=O)NCC2(c3ccccc3)CCOCC2)c1. The fourth-order valence-electron chi connectivity index (χ4n) is 3.29. The lowest BCUT2D eigenvalue weighted by Gasteiger charge is -2.38. The van der Waals surface area contributed by atoms with Gasteiger partial charge < -0.3 is 10.1 Å². The summed E-state index contributed by atoms with van der Waals surface area (Å²) < 4.78 is 5.55. The Kier molecular flexibility index (Phi) is 6.16. The van der Waals surface area contributed by atoms with E-state index in [1.54, 1.807) is 11.8 Å². The Morgan fingerprint density at radius 2 is 1.88 bits per heavy atom. The first-order valence-electron chi connectivity index (χ1n) is 8.77. The second-order valence-corrected chi connectivity index (χ2v) is 7.69. The second kappa shape index (κ2) is 8.54. The molecule has 0 bridgehead atoms. The number of carbonyl (C=O) groups is 1. The van der Waals surface area contributed by atoms with Crippen LogP contribution < -0.4 is 5.32 Å². The van der Waals surface area contributed by atoms with Crippen LogP contribution in [0.25, 0.3) is 0 Å². The van der Waals surface area contributed by atoms with Gasteiger partial charge in [-0.2, -0.15) is 0 Å². The zero-order valence-corrected chi connectivity index (χ0v) is 15.5. The van der Waals surface area contributed by atoms with Gasteiger partial charge in [0.1, 0.15) is 0 Å². The molecular weight excluding hydrogens is 330 g/mol. The van der Waals surface area contributed by atoms with E-state index in [2.05, 4.69) is 54.7 Å². The molecule has 132 valence electrons. The van der Waals surface area contributed by atoms with E-state index in [0.717, 1.165) is 31.0 Å². The highest BCUT2D eigenvalue weighted by atomic mass is 32.2. The minimum atomic E-state index is -0.0107. The van der Waals surface area contributed by atoms with E-state index in [9.17, 15) is 4.79 Å². The molecule has 0 atom stereocenters. The van der Waals surface area contributed by atoms with Crippen molar-refractivity contribution in [2.75, 3.05) is 25.5 Å². The van der Waals surface area contributed by atoms with Crippen LogP contribution in [0.2, 0.25) is 0 Å². The Bertz CT molecular complexity index is 696. The normalized spacial score (nSPS) is 16.4. The Balaban J connectivity index is 1.58. The van der Waals surface area contributed by atoms with Crippen LogP contribution in [0.15, 0.2) is 59.5 Å². The van der Waals surface area contributed by atoms with Gasteiger partial charge in [-0.3, -0.25) is 4.79 Å². The largest absolute Gasteiger partial charge is 0.381 e. The summed E-state index contributed by atoms with van der Waals surface area (Å²) in [5, 5.41) is 3.16. The van der Waals surface area contributed by atoms with Crippen LogP contribution in [0.5, 0.6) is 0 Å². The van der Waals surface area contributed by atoms with Crippen LogP contribution in [0.1, 0.15) is 24.0 Å². The first-order valence-corrected chi connectivity index (χ1v) is 9.76. The van der Waals surface area contributed by atoms with E-state index in [1.807, 2.05) is 12.1 Å². The summed E-state index contributed by atoms with van der Waals surface area (Å²) >= 11 is 1.59. The highest BCUT2D eigenvalue weighted by Crippen LogP contribution is 2.34. The first kappa shape index (κ1) is 18.0. The molecule has 2 aromatic rings. The standard InChI is InChI=1S/C21H25NO2S/c1-17-6-5-9-19(14-17)25-15-20(23)22-16-21(10-12-24-13-11-21)18-7-3-2-4-8-18/h2-9,14H,10-13,15-16H2,1H3,(H,22,23). The molecule has 1 saturated heterocycles. The summed E-state index contributed by atoms with van der Waals surface area (Å²) in [6.07, 6.45) is 1.89. The van der Waals surface area contributed by atoms with E-state index < -0.39 is 0 Å². The van der Waals surface area contributed by atoms with Crippen LogP contribution in [-0.4, -0.2) is 31.4 Å². The zero-order chi connectivity index (χ0) is 17.5. The maximum atomic E-state index is 12.4. The van der Waals surface area contributed by atoms with Crippen molar-refractivity contribution in [1.82, 2.24) is 5.32 Å². The number of aryl methyl sites for hydroxylation is 1. The van der Waals surface area contributed by atoms with Crippen LogP contribution in [-0.2, 0) is 14.9 Å². The predicted octanol–water partition coefficient (Wildman–Crippen LogP) is 3.95. The van der Waals surface area contributed by atoms with E-state index in [0.29, 0.717) is 12.3 Å². The summed E-state index contributed by atoms with van der Waals surface area (Å²) in [7, 11) is 0. The fourth-order valence-corrected chi connectivity index (χ4v) is 4.14. The van der Waals surface area contributed by atoms with Crippen molar-refractivity contribution in [1.29, 1.82) is 0 Å². The third-order valence-electron chi connectivity index (χ3n) is 4.82. The lowest BCUT2D eigenvalue weighted by molar-refractivity contribution is -0.119. The van der Waals surface area contributed by atoms with Gasteiger partial charge in [0.25, 0.3) is 0 Å². The van der Waals surface area contributed by atoms with Crippen LogP contribution in [0.3, 0.4) is 0 Å². The first-order chi connectivity index (χ1) is 12.2. The minimum Gasteiger partial charge on any atom is -0.381 e. The number of thioether (sulfide) groups is 1. The van der Waals surface area contributed by atoms with Gasteiger partial charge in [-0.05, 0) is 37.5 Å². The second-order valence-electron chi connectivity index (χ2n) is 6.64. The monoisotopic (exact) mass is 355 g/mol. The summed E-state index contributed by atoms with van der Waals surface area (Å²) in [6.45, 7) is 4.25. The molecule has 3 rings (SSSR count). The molecule has 2 aromatic carbocycles. The number of rotatable bonds is 6. The van der Waals surface area contributed by atoms with Crippen molar-refractivity contribution >= 4 is 17.7 Å². The third kappa shape index (κ3) is 4.86. The molecule has 0 aliphatic carbocycles. The molecule has 1 heterocycles. The number of carbonyl (C=O) groups excluding carboxylic acids is 1. The van der Waals surface area contributed by atoms with Crippen molar-refractivity contribution in [2.45, 2.75) is 30.1 Å². The topological polar surface area (TPSA) is 38.3 Å². The smallest absolute Gasteiger partial charge is 0.230 e. The zero-order valence-electron chi connectivity index (χ0n) is 14.7. The fraction of sp³-hybridized carbons (Fsp3) is 0.381. The molecule has 1 aliphatic heterocycles. The number of ether oxygens (including phenoxy) is 1. The summed E-state index contributed by atoms with van der Waals surface area (Å²) in [6, 6.07) is 18.8. The summed E-state index contributed by atoms with van der Waals surface area (Å²) in [5.41, 5.74) is 2.50. The average molecular weight is 356 g/mol. The molecule has 1 amide bonds. The van der Waals surface area contributed by atoms with Gasteiger partial charge in [-0.25, -0.2) is 0 Å². The molecular formula is C21H25NO2S. The van der Waals surface area contributed by atoms with Crippen LogP contribution in [0, 0.1) is 6.92 Å². The highest BCUT2D eigenvalue weighted by Gasteiger charge is 2.34. The average Bonchev–Trinajstić information content (AvgIpc) is 2.66. The van der Waals surface area contributed by atoms with Crippen molar-refractivity contribution in [3.63, 3.8) is 0 Å². The molecule has 0 unspecified atom stereocenters. The van der Waals surface area contributed by atoms with Crippen molar-refractivity contribution in [3.8, 4) is 0 Å². The van der Waals surface area contributed by atoms with Gasteiger partial charge in [0.2, 0.25) is 5.91 Å². The van der Waals surface area contributed by atoms with Crippen molar-refractivity contribution < 1.29 is 9.53 Å². The van der Waals surface area contributed by atoms with E-state index >= 15 is 0 Å². The molecule has 4 heteroatoms. The van der Waals surface area contributed by atoms with Gasteiger partial charge in [0.05, 0.1) is 5.75 Å². The number of hydrogen-bond acceptors (Lipinski definition) is 3. The Hall–Kier alpha value is -1.78. The van der Waals surface area contributed by atoms with Crippen molar-refractivity contribution in [2.24, 2.45) is 0 Å². The van der Waals surface area contributed by atoms with Gasteiger partial charge in [0, 0.05) is 30.1 Å². The van der Waals surface area contributed by atoms with Gasteiger partial charge >= 0.3 is 0 Å². The molecule has 1 aliphatic rings. The van der Waals surface area contributed by atoms with E-state index in [-0.39, 0.29) is 11.3 Å².